The van der Waals surface area contributed by atoms with E-state index in [1.807, 2.05) is 11.8 Å². The van der Waals surface area contributed by atoms with Crippen molar-refractivity contribution in [3.63, 3.8) is 0 Å². The molecule has 0 amide bonds. The maximum atomic E-state index is 11.3. The maximum absolute atomic E-state index is 11.3. The smallest absolute Gasteiger partial charge is 0.208 e. The van der Waals surface area contributed by atoms with Crippen LogP contribution in [-0.4, -0.2) is 62.7 Å². The lowest BCUT2D eigenvalue weighted by Crippen LogP contribution is -2.43. The van der Waals surface area contributed by atoms with Crippen molar-refractivity contribution in [1.29, 1.82) is 0 Å². The predicted octanol–water partition coefficient (Wildman–Crippen LogP) is 0.686. The van der Waals surface area contributed by atoms with Crippen LogP contribution in [-0.2, 0) is 10.0 Å². The summed E-state index contributed by atoms with van der Waals surface area (Å²) in [5, 5.41) is 0. The fourth-order valence-corrected chi connectivity index (χ4v) is 4.55. The minimum Gasteiger partial charge on any atom is -0.370 e. The first-order valence-corrected chi connectivity index (χ1v) is 10.1. The molecule has 2 aliphatic rings. The zero-order valence-corrected chi connectivity index (χ0v) is 16.3. The lowest BCUT2D eigenvalue weighted by molar-refractivity contribution is 0.435. The molecule has 0 radical (unpaired) electrons. The Labute approximate surface area is 148 Å². The third kappa shape index (κ3) is 6.49. The molecule has 9 heteroatoms. The van der Waals surface area contributed by atoms with Gasteiger partial charge in [-0.25, -0.2) is 13.1 Å². The largest absolute Gasteiger partial charge is 0.370 e. The standard InChI is InChI=1S/C12H24N4O2S2.HI/c1-20(17,18)15-11-4-2-3-10(11)9-14-12(13)16-5-7-19-8-6-16;/h10-11,15H,2-9H2,1H3,(H2,13,14);1H. The van der Waals surface area contributed by atoms with E-state index in [0.29, 0.717) is 12.5 Å². The van der Waals surface area contributed by atoms with Gasteiger partial charge >= 0.3 is 0 Å². The summed E-state index contributed by atoms with van der Waals surface area (Å²) in [6, 6.07) is 0.0125. The Morgan fingerprint density at radius 2 is 2.05 bits per heavy atom. The number of hydrogen-bond acceptors (Lipinski definition) is 4. The van der Waals surface area contributed by atoms with Crippen LogP contribution in [0.15, 0.2) is 4.99 Å². The van der Waals surface area contributed by atoms with E-state index in [1.165, 1.54) is 6.26 Å². The molecule has 2 atom stereocenters. The molecule has 1 saturated heterocycles. The summed E-state index contributed by atoms with van der Waals surface area (Å²) in [5.74, 6) is 3.06. The summed E-state index contributed by atoms with van der Waals surface area (Å²) in [5.41, 5.74) is 6.03. The average molecular weight is 448 g/mol. The third-order valence-corrected chi connectivity index (χ3v) is 5.52. The molecule has 6 nitrogen and oxygen atoms in total. The lowest BCUT2D eigenvalue weighted by atomic mass is 10.1. The van der Waals surface area contributed by atoms with Crippen LogP contribution in [0.1, 0.15) is 19.3 Å². The molecule has 1 saturated carbocycles. The molecule has 0 aromatic rings. The predicted molar refractivity (Wildman–Crippen MR) is 99.9 cm³/mol. The monoisotopic (exact) mass is 448 g/mol. The number of halogens is 1. The molecule has 2 fully saturated rings. The number of hydrogen-bond donors (Lipinski definition) is 2. The molecule has 3 N–H and O–H groups in total. The number of sulfonamides is 1. The van der Waals surface area contributed by atoms with Crippen LogP contribution >= 0.6 is 35.7 Å². The molecule has 0 aromatic heterocycles. The van der Waals surface area contributed by atoms with Crippen molar-refractivity contribution in [2.45, 2.75) is 25.3 Å². The van der Waals surface area contributed by atoms with Crippen molar-refractivity contribution in [3.05, 3.63) is 0 Å². The summed E-state index contributed by atoms with van der Waals surface area (Å²) in [6.45, 7) is 2.52. The molecule has 1 aliphatic carbocycles. The van der Waals surface area contributed by atoms with E-state index >= 15 is 0 Å². The van der Waals surface area contributed by atoms with Crippen LogP contribution in [0.5, 0.6) is 0 Å². The molecule has 0 aromatic carbocycles. The second kappa shape index (κ2) is 8.78. The Bertz CT molecular complexity index is 452. The van der Waals surface area contributed by atoms with Crippen LogP contribution in [0.4, 0.5) is 0 Å². The Hall–Kier alpha value is 0.260. The topological polar surface area (TPSA) is 87.8 Å². The summed E-state index contributed by atoms with van der Waals surface area (Å²) in [6.07, 6.45) is 4.17. The maximum Gasteiger partial charge on any atom is 0.208 e. The van der Waals surface area contributed by atoms with Gasteiger partial charge in [0.2, 0.25) is 10.0 Å². The van der Waals surface area contributed by atoms with Crippen LogP contribution in [0.25, 0.3) is 0 Å². The van der Waals surface area contributed by atoms with Crippen LogP contribution in [0, 0.1) is 5.92 Å². The summed E-state index contributed by atoms with van der Waals surface area (Å²) >= 11 is 1.94. The highest BCUT2D eigenvalue weighted by Crippen LogP contribution is 2.26. The van der Waals surface area contributed by atoms with Crippen molar-refractivity contribution in [2.75, 3.05) is 37.4 Å². The molecule has 21 heavy (non-hydrogen) atoms. The number of rotatable bonds is 4. The average Bonchev–Trinajstić information content (AvgIpc) is 2.82. The van der Waals surface area contributed by atoms with Crippen LogP contribution in [0.3, 0.4) is 0 Å². The number of thioether (sulfide) groups is 1. The second-order valence-electron chi connectivity index (χ2n) is 5.49. The van der Waals surface area contributed by atoms with E-state index in [-0.39, 0.29) is 35.9 Å². The Morgan fingerprint density at radius 1 is 1.38 bits per heavy atom. The van der Waals surface area contributed by atoms with E-state index in [1.54, 1.807) is 0 Å². The highest BCUT2D eigenvalue weighted by atomic mass is 127. The molecule has 0 bridgehead atoms. The van der Waals surface area contributed by atoms with Crippen molar-refractivity contribution in [2.24, 2.45) is 16.6 Å². The van der Waals surface area contributed by atoms with Gasteiger partial charge in [-0.1, -0.05) is 6.42 Å². The summed E-state index contributed by atoms with van der Waals surface area (Å²) in [7, 11) is -3.14. The lowest BCUT2D eigenvalue weighted by Gasteiger charge is -2.27. The van der Waals surface area contributed by atoms with E-state index in [0.717, 1.165) is 43.9 Å². The second-order valence-corrected chi connectivity index (χ2v) is 8.49. The Morgan fingerprint density at radius 3 is 2.67 bits per heavy atom. The summed E-state index contributed by atoms with van der Waals surface area (Å²) < 4.78 is 25.4. The minimum atomic E-state index is -3.14. The molecule has 1 aliphatic heterocycles. The van der Waals surface area contributed by atoms with Gasteiger partial charge in [0, 0.05) is 37.2 Å². The van der Waals surface area contributed by atoms with Gasteiger partial charge in [-0.05, 0) is 18.8 Å². The highest BCUT2D eigenvalue weighted by molar-refractivity contribution is 14.0. The van der Waals surface area contributed by atoms with E-state index < -0.39 is 10.0 Å². The first-order chi connectivity index (χ1) is 9.46. The molecule has 2 rings (SSSR count). The van der Waals surface area contributed by atoms with Gasteiger partial charge in [-0.15, -0.1) is 24.0 Å². The van der Waals surface area contributed by atoms with Gasteiger partial charge in [-0.2, -0.15) is 11.8 Å². The number of nitrogens with two attached hydrogens (primary N) is 1. The van der Waals surface area contributed by atoms with Gasteiger partial charge in [0.25, 0.3) is 0 Å². The van der Waals surface area contributed by atoms with E-state index in [9.17, 15) is 8.42 Å². The summed E-state index contributed by atoms with van der Waals surface area (Å²) in [4.78, 5) is 6.60. The number of guanidine groups is 1. The molecule has 2 unspecified atom stereocenters. The number of nitrogens with one attached hydrogen (secondary N) is 1. The van der Waals surface area contributed by atoms with Gasteiger partial charge in [0.05, 0.1) is 6.26 Å². The molecular formula is C12H25IN4O2S2. The van der Waals surface area contributed by atoms with Crippen LogP contribution < -0.4 is 10.5 Å². The Kier molecular flexibility index (Phi) is 8.07. The first-order valence-electron chi connectivity index (χ1n) is 7.05. The van der Waals surface area contributed by atoms with Gasteiger partial charge in [-0.3, -0.25) is 4.99 Å². The molecule has 0 spiro atoms. The molecule has 124 valence electrons. The number of nitrogens with zero attached hydrogens (tertiary/aromatic N) is 2. The minimum absolute atomic E-state index is 0. The SMILES string of the molecule is CS(=O)(=O)NC1CCCC1CN=C(N)N1CCSCC1.I. The Balaban J connectivity index is 0.00000220. The van der Waals surface area contributed by atoms with Crippen molar-refractivity contribution < 1.29 is 8.42 Å². The molecule has 1 heterocycles. The molecular weight excluding hydrogens is 423 g/mol. The third-order valence-electron chi connectivity index (χ3n) is 3.85. The van der Waals surface area contributed by atoms with Gasteiger partial charge in [0.15, 0.2) is 5.96 Å². The van der Waals surface area contributed by atoms with E-state index in [4.69, 9.17) is 5.73 Å². The highest BCUT2D eigenvalue weighted by Gasteiger charge is 2.29. The zero-order chi connectivity index (χ0) is 14.6. The van der Waals surface area contributed by atoms with Gasteiger partial charge < -0.3 is 10.6 Å². The first kappa shape index (κ1) is 19.3. The van der Waals surface area contributed by atoms with E-state index in [2.05, 4.69) is 14.6 Å². The van der Waals surface area contributed by atoms with Crippen LogP contribution in [0.2, 0.25) is 0 Å². The fourth-order valence-electron chi connectivity index (χ4n) is 2.79. The normalized spacial score (nSPS) is 27.5. The number of aliphatic imine (C=N–C) groups is 1. The fraction of sp³-hybridized carbons (Fsp3) is 0.917. The van der Waals surface area contributed by atoms with Crippen molar-refractivity contribution >= 4 is 51.7 Å². The zero-order valence-electron chi connectivity index (χ0n) is 12.3. The van der Waals surface area contributed by atoms with Crippen molar-refractivity contribution in [1.82, 2.24) is 9.62 Å². The van der Waals surface area contributed by atoms with Gasteiger partial charge in [0.1, 0.15) is 0 Å². The quantitative estimate of drug-likeness (QED) is 0.376. The van der Waals surface area contributed by atoms with Crippen molar-refractivity contribution in [3.8, 4) is 0 Å².